The topological polar surface area (TPSA) is 120 Å². The SMILES string of the molecule is C.Nc1c(Br)cc(C[C@@H](OC(=O)N2CCC(N3CCc4ccccc4NC3=O)CC2)C(=O)N2CCC(C3CCNCC3)CC2)cc1Br. The maximum Gasteiger partial charge on any atom is 0.410 e. The smallest absolute Gasteiger partial charge is 0.410 e. The Balaban J connectivity index is 0.00000433. The van der Waals surface area contributed by atoms with Gasteiger partial charge in [-0.25, -0.2) is 9.59 Å². The molecular weight excluding hydrogens is 728 g/mol. The van der Waals surface area contributed by atoms with Crippen LogP contribution >= 0.6 is 31.9 Å². The molecule has 0 radical (unpaired) electrons. The van der Waals surface area contributed by atoms with Gasteiger partial charge in [0.15, 0.2) is 6.10 Å². The zero-order valence-corrected chi connectivity index (χ0v) is 29.4. The van der Waals surface area contributed by atoms with Crippen molar-refractivity contribution in [3.05, 3.63) is 56.5 Å². The number of fused-ring (bicyclic) bond motifs is 1. The summed E-state index contributed by atoms with van der Waals surface area (Å²) in [6, 6.07) is 11.6. The van der Waals surface area contributed by atoms with Crippen molar-refractivity contribution in [3.63, 3.8) is 0 Å². The van der Waals surface area contributed by atoms with Crippen LogP contribution < -0.4 is 16.4 Å². The van der Waals surface area contributed by atoms with Crippen LogP contribution in [0.4, 0.5) is 21.0 Å². The lowest BCUT2D eigenvalue weighted by Crippen LogP contribution is -2.52. The van der Waals surface area contributed by atoms with Gasteiger partial charge in [0.05, 0.1) is 5.69 Å². The summed E-state index contributed by atoms with van der Waals surface area (Å²) in [6.07, 6.45) is 5.28. The van der Waals surface area contributed by atoms with E-state index >= 15 is 0 Å². The monoisotopic (exact) mass is 774 g/mol. The molecule has 2 aromatic rings. The number of halogens is 2. The molecule has 0 saturated carbocycles. The highest BCUT2D eigenvalue weighted by molar-refractivity contribution is 9.11. The van der Waals surface area contributed by atoms with Crippen molar-refractivity contribution < 1.29 is 19.1 Å². The van der Waals surface area contributed by atoms with E-state index in [0.717, 1.165) is 64.0 Å². The molecule has 6 rings (SSSR count). The van der Waals surface area contributed by atoms with Gasteiger partial charge in [-0.15, -0.1) is 0 Å². The Morgan fingerprint density at radius 2 is 1.51 bits per heavy atom. The van der Waals surface area contributed by atoms with Crippen LogP contribution in [0.3, 0.4) is 0 Å². The van der Waals surface area contributed by atoms with Crippen molar-refractivity contribution >= 4 is 61.3 Å². The van der Waals surface area contributed by atoms with Crippen LogP contribution in [0, 0.1) is 11.8 Å². The number of amides is 4. The summed E-state index contributed by atoms with van der Waals surface area (Å²) >= 11 is 7.02. The third-order valence-corrected chi connectivity index (χ3v) is 11.6. The highest BCUT2D eigenvalue weighted by Gasteiger charge is 2.36. The molecule has 12 heteroatoms. The van der Waals surface area contributed by atoms with Crippen LogP contribution in [0.1, 0.15) is 57.1 Å². The van der Waals surface area contributed by atoms with Crippen molar-refractivity contribution in [2.75, 3.05) is 56.9 Å². The van der Waals surface area contributed by atoms with E-state index in [1.807, 2.05) is 46.2 Å². The number of carbonyl (C=O) groups is 3. The van der Waals surface area contributed by atoms with Crippen molar-refractivity contribution in [1.29, 1.82) is 0 Å². The summed E-state index contributed by atoms with van der Waals surface area (Å²) in [5, 5.41) is 6.50. The van der Waals surface area contributed by atoms with Crippen molar-refractivity contribution in [2.24, 2.45) is 11.8 Å². The fourth-order valence-corrected chi connectivity index (χ4v) is 8.83. The molecule has 4 N–H and O–H groups in total. The zero-order valence-electron chi connectivity index (χ0n) is 26.2. The first-order valence-electron chi connectivity index (χ1n) is 16.6. The van der Waals surface area contributed by atoms with Crippen LogP contribution in [-0.2, 0) is 22.4 Å². The molecule has 4 amide bonds. The van der Waals surface area contributed by atoms with Crippen LogP contribution in [0.25, 0.3) is 0 Å². The number of hydrogen-bond acceptors (Lipinski definition) is 6. The summed E-state index contributed by atoms with van der Waals surface area (Å²) < 4.78 is 7.50. The number of nitrogens with two attached hydrogens (primary N) is 1. The molecule has 4 aliphatic heterocycles. The minimum atomic E-state index is -0.946. The maximum absolute atomic E-state index is 14.0. The second kappa shape index (κ2) is 16.0. The van der Waals surface area contributed by atoms with Crippen molar-refractivity contribution in [2.45, 2.75) is 70.9 Å². The van der Waals surface area contributed by atoms with E-state index < -0.39 is 12.2 Å². The molecule has 3 saturated heterocycles. The minimum absolute atomic E-state index is 0. The van der Waals surface area contributed by atoms with E-state index in [4.69, 9.17) is 10.5 Å². The average molecular weight is 777 g/mol. The molecular formula is C35H48Br2N6O4. The number of piperidine rings is 3. The third kappa shape index (κ3) is 8.43. The molecule has 0 bridgehead atoms. The Labute approximate surface area is 295 Å². The standard InChI is InChI=1S/C34H44Br2N6O4.CH4/c35-27-19-22(20-28(36)31(27)37)21-30(32(43)40-14-7-24(8-15-40)23-5-12-38-13-6-23)46-34(45)41-16-10-26(11-17-41)42-18-9-25-3-1-2-4-29(25)39-33(42)44;/h1-4,19-20,23-24,26,30,38H,5-18,21,37H2,(H,39,44);1H4/t30-;/m1./s1. The average Bonchev–Trinajstić information content (AvgIpc) is 3.25. The molecule has 0 aromatic heterocycles. The molecule has 2 aromatic carbocycles. The van der Waals surface area contributed by atoms with Crippen LogP contribution in [0.5, 0.6) is 0 Å². The lowest BCUT2D eigenvalue weighted by atomic mass is 9.79. The van der Waals surface area contributed by atoms with Crippen molar-refractivity contribution in [1.82, 2.24) is 20.0 Å². The van der Waals surface area contributed by atoms with Gasteiger partial charge in [0.25, 0.3) is 5.91 Å². The first kappa shape index (κ1) is 35.5. The molecule has 47 heavy (non-hydrogen) atoms. The van der Waals surface area contributed by atoms with E-state index in [-0.39, 0.29) is 31.8 Å². The molecule has 3 fully saturated rings. The number of carbonyl (C=O) groups excluding carboxylic acids is 3. The number of para-hydroxylation sites is 1. The van der Waals surface area contributed by atoms with Gasteiger partial charge in [-0.05, 0) is 131 Å². The van der Waals surface area contributed by atoms with Gasteiger partial charge < -0.3 is 35.8 Å². The maximum atomic E-state index is 14.0. The minimum Gasteiger partial charge on any atom is -0.436 e. The number of hydrogen-bond donors (Lipinski definition) is 3. The number of benzene rings is 2. The Bertz CT molecular complexity index is 1400. The molecule has 256 valence electrons. The van der Waals surface area contributed by atoms with E-state index in [9.17, 15) is 14.4 Å². The first-order chi connectivity index (χ1) is 22.3. The van der Waals surface area contributed by atoms with E-state index in [2.05, 4.69) is 42.5 Å². The second-order valence-electron chi connectivity index (χ2n) is 13.0. The van der Waals surface area contributed by atoms with Gasteiger partial charge in [0.1, 0.15) is 0 Å². The van der Waals surface area contributed by atoms with Gasteiger partial charge in [0.2, 0.25) is 0 Å². The van der Waals surface area contributed by atoms with Crippen LogP contribution in [-0.4, -0.2) is 90.7 Å². The fourth-order valence-electron chi connectivity index (χ4n) is 7.55. The van der Waals surface area contributed by atoms with E-state index in [0.29, 0.717) is 57.2 Å². The van der Waals surface area contributed by atoms with E-state index in [1.54, 1.807) is 4.90 Å². The summed E-state index contributed by atoms with van der Waals surface area (Å²) in [7, 11) is 0. The lowest BCUT2D eigenvalue weighted by molar-refractivity contribution is -0.142. The predicted octanol–water partition coefficient (Wildman–Crippen LogP) is 6.27. The lowest BCUT2D eigenvalue weighted by Gasteiger charge is -2.39. The number of nitrogens with one attached hydrogen (secondary N) is 2. The molecule has 0 unspecified atom stereocenters. The molecule has 0 aliphatic carbocycles. The first-order valence-corrected chi connectivity index (χ1v) is 18.2. The predicted molar refractivity (Wildman–Crippen MR) is 192 cm³/mol. The van der Waals surface area contributed by atoms with Gasteiger partial charge in [-0.3, -0.25) is 4.79 Å². The number of nitrogens with zero attached hydrogens (tertiary/aromatic N) is 3. The largest absolute Gasteiger partial charge is 0.436 e. The number of ether oxygens (including phenoxy) is 1. The Morgan fingerprint density at radius 1 is 0.894 bits per heavy atom. The van der Waals surface area contributed by atoms with Crippen molar-refractivity contribution in [3.8, 4) is 0 Å². The Kier molecular flexibility index (Phi) is 12.1. The third-order valence-electron chi connectivity index (χ3n) is 10.3. The number of anilines is 2. The number of likely N-dealkylation sites (tertiary alicyclic amines) is 2. The highest BCUT2D eigenvalue weighted by Crippen LogP contribution is 2.33. The summed E-state index contributed by atoms with van der Waals surface area (Å²) in [4.78, 5) is 46.1. The van der Waals surface area contributed by atoms with E-state index in [1.165, 1.54) is 12.8 Å². The zero-order chi connectivity index (χ0) is 32.2. The molecule has 0 spiro atoms. The Hall–Kier alpha value is -2.83. The fraction of sp³-hybridized carbons (Fsp3) is 0.571. The number of rotatable bonds is 6. The quantitative estimate of drug-likeness (QED) is 0.298. The van der Waals surface area contributed by atoms with Gasteiger partial charge >= 0.3 is 12.1 Å². The normalized spacial score (nSPS) is 20.5. The molecule has 1 atom stereocenters. The highest BCUT2D eigenvalue weighted by atomic mass is 79.9. The molecule has 10 nitrogen and oxygen atoms in total. The van der Waals surface area contributed by atoms with Crippen LogP contribution in [0.2, 0.25) is 0 Å². The van der Waals surface area contributed by atoms with Gasteiger partial charge in [-0.1, -0.05) is 25.6 Å². The second-order valence-corrected chi connectivity index (χ2v) is 14.8. The Morgan fingerprint density at radius 3 is 2.19 bits per heavy atom. The number of urea groups is 1. The number of nitrogen functional groups attached to an aromatic ring is 1. The summed E-state index contributed by atoms with van der Waals surface area (Å²) in [6.45, 7) is 5.07. The van der Waals surface area contributed by atoms with Gasteiger partial charge in [-0.2, -0.15) is 0 Å². The summed E-state index contributed by atoms with van der Waals surface area (Å²) in [5.74, 6) is 1.21. The molecule has 4 aliphatic rings. The van der Waals surface area contributed by atoms with Gasteiger partial charge in [0, 0.05) is 59.8 Å². The van der Waals surface area contributed by atoms with Crippen LogP contribution in [0.15, 0.2) is 45.3 Å². The summed E-state index contributed by atoms with van der Waals surface area (Å²) in [5.41, 5.74) is 9.54. The molecule has 4 heterocycles.